The number of nitrogens with one attached hydrogen (secondary N) is 1. The normalized spacial score (nSPS) is 13.0. The maximum atomic E-state index is 12.5. The lowest BCUT2D eigenvalue weighted by Gasteiger charge is -2.24. The van der Waals surface area contributed by atoms with Gasteiger partial charge in [-0.2, -0.15) is 0 Å². The molecule has 0 saturated carbocycles. The van der Waals surface area contributed by atoms with Gasteiger partial charge in [-0.15, -0.1) is 11.8 Å². The van der Waals surface area contributed by atoms with Crippen molar-refractivity contribution >= 4 is 17.7 Å². The van der Waals surface area contributed by atoms with Crippen molar-refractivity contribution in [3.63, 3.8) is 0 Å². The fraction of sp³-hybridized carbons (Fsp3) is 0.182. The van der Waals surface area contributed by atoms with Gasteiger partial charge in [0.25, 0.3) is 5.91 Å². The summed E-state index contributed by atoms with van der Waals surface area (Å²) >= 11 is 1.42. The Morgan fingerprint density at radius 1 is 1.04 bits per heavy atom. The lowest BCUT2D eigenvalue weighted by Crippen LogP contribution is -2.38. The van der Waals surface area contributed by atoms with E-state index in [1.54, 1.807) is 25.3 Å². The lowest BCUT2D eigenvalue weighted by molar-refractivity contribution is 0.0525. The highest BCUT2D eigenvalue weighted by atomic mass is 32.2. The van der Waals surface area contributed by atoms with Crippen molar-refractivity contribution in [2.45, 2.75) is 17.6 Å². The molecule has 0 spiro atoms. The van der Waals surface area contributed by atoms with Gasteiger partial charge in [0.2, 0.25) is 0 Å². The zero-order valence-electron chi connectivity index (χ0n) is 15.3. The molecular weight excluding hydrogens is 356 g/mol. The second-order valence-corrected chi connectivity index (χ2v) is 7.26. The molecule has 138 valence electrons. The number of benzene rings is 2. The number of amides is 1. The van der Waals surface area contributed by atoms with Crippen LogP contribution < -0.4 is 5.32 Å². The summed E-state index contributed by atoms with van der Waals surface area (Å²) in [5.74, 6) is -0.242. The number of pyridine rings is 1. The quantitative estimate of drug-likeness (QED) is 0.634. The Bertz CT molecular complexity index is 909. The number of carbonyl (C=O) groups excluding carboxylic acids is 1. The van der Waals surface area contributed by atoms with E-state index in [0.29, 0.717) is 10.6 Å². The molecule has 4 nitrogen and oxygen atoms in total. The molecule has 1 unspecified atom stereocenters. The molecule has 0 bridgehead atoms. The van der Waals surface area contributed by atoms with E-state index in [2.05, 4.69) is 10.3 Å². The summed E-state index contributed by atoms with van der Waals surface area (Å²) in [5, 5.41) is 14.3. The number of aromatic nitrogens is 1. The van der Waals surface area contributed by atoms with Crippen LogP contribution in [0.4, 0.5) is 0 Å². The van der Waals surface area contributed by atoms with Crippen molar-refractivity contribution in [1.82, 2.24) is 10.3 Å². The third-order valence-electron chi connectivity index (χ3n) is 4.42. The first-order valence-electron chi connectivity index (χ1n) is 8.67. The standard InChI is InChI=1S/C22H22N2O2S/c1-22(26,15-24-20(25)19-9-6-14-23-21(19)27-2)18-12-10-17(11-13-18)16-7-4-3-5-8-16/h3-14,26H,15H2,1-2H3,(H,24,25). The van der Waals surface area contributed by atoms with E-state index in [4.69, 9.17) is 0 Å². The van der Waals surface area contributed by atoms with E-state index in [9.17, 15) is 9.90 Å². The molecule has 1 amide bonds. The van der Waals surface area contributed by atoms with Gasteiger partial charge in [0.1, 0.15) is 10.6 Å². The van der Waals surface area contributed by atoms with Gasteiger partial charge in [0.15, 0.2) is 0 Å². The fourth-order valence-electron chi connectivity index (χ4n) is 2.83. The molecule has 0 fully saturated rings. The largest absolute Gasteiger partial charge is 0.384 e. The Balaban J connectivity index is 1.70. The SMILES string of the molecule is CSc1ncccc1C(=O)NCC(C)(O)c1ccc(-c2ccccc2)cc1. The van der Waals surface area contributed by atoms with Crippen molar-refractivity contribution < 1.29 is 9.90 Å². The number of hydrogen-bond acceptors (Lipinski definition) is 4. The first-order chi connectivity index (χ1) is 13.0. The van der Waals surface area contributed by atoms with Crippen molar-refractivity contribution in [2.75, 3.05) is 12.8 Å². The van der Waals surface area contributed by atoms with Crippen LogP contribution in [0.5, 0.6) is 0 Å². The molecule has 0 aliphatic rings. The molecule has 1 aromatic heterocycles. The lowest BCUT2D eigenvalue weighted by atomic mass is 9.93. The van der Waals surface area contributed by atoms with Crippen LogP contribution in [0.3, 0.4) is 0 Å². The minimum absolute atomic E-state index is 0.110. The molecule has 1 atom stereocenters. The minimum atomic E-state index is -1.17. The Labute approximate surface area is 163 Å². The fourth-order valence-corrected chi connectivity index (χ4v) is 3.38. The van der Waals surface area contributed by atoms with Crippen LogP contribution in [0.15, 0.2) is 78.0 Å². The Kier molecular flexibility index (Phi) is 5.94. The summed E-state index contributed by atoms with van der Waals surface area (Å²) in [6.07, 6.45) is 3.54. The topological polar surface area (TPSA) is 62.2 Å². The van der Waals surface area contributed by atoms with E-state index in [-0.39, 0.29) is 12.5 Å². The molecule has 0 aliphatic carbocycles. The van der Waals surface area contributed by atoms with Gasteiger partial charge in [-0.25, -0.2) is 4.98 Å². The highest BCUT2D eigenvalue weighted by Gasteiger charge is 2.24. The highest BCUT2D eigenvalue weighted by molar-refractivity contribution is 7.98. The third-order valence-corrected chi connectivity index (χ3v) is 5.13. The zero-order valence-corrected chi connectivity index (χ0v) is 16.2. The molecule has 5 heteroatoms. The summed E-state index contributed by atoms with van der Waals surface area (Å²) in [6, 6.07) is 21.3. The minimum Gasteiger partial charge on any atom is -0.384 e. The Hall–Kier alpha value is -2.63. The second-order valence-electron chi connectivity index (χ2n) is 6.46. The third kappa shape index (κ3) is 4.56. The molecule has 2 aromatic carbocycles. The number of nitrogens with zero attached hydrogens (tertiary/aromatic N) is 1. The van der Waals surface area contributed by atoms with Gasteiger partial charge in [-0.1, -0.05) is 54.6 Å². The average molecular weight is 378 g/mol. The van der Waals surface area contributed by atoms with Crippen LogP contribution in [0, 0.1) is 0 Å². The van der Waals surface area contributed by atoms with Gasteiger partial charge in [0.05, 0.1) is 12.1 Å². The van der Waals surface area contributed by atoms with E-state index < -0.39 is 5.60 Å². The molecule has 1 heterocycles. The van der Waals surface area contributed by atoms with Crippen LogP contribution in [0.25, 0.3) is 11.1 Å². The molecule has 2 N–H and O–H groups in total. The summed E-state index contributed by atoms with van der Waals surface area (Å²) < 4.78 is 0. The zero-order chi connectivity index (χ0) is 19.3. The van der Waals surface area contributed by atoms with Gasteiger partial charge >= 0.3 is 0 Å². The van der Waals surface area contributed by atoms with Crippen LogP contribution in [-0.2, 0) is 5.60 Å². The number of thioether (sulfide) groups is 1. The maximum Gasteiger partial charge on any atom is 0.254 e. The van der Waals surface area contributed by atoms with Gasteiger partial charge in [-0.05, 0) is 42.0 Å². The smallest absolute Gasteiger partial charge is 0.254 e. The Morgan fingerprint density at radius 2 is 1.70 bits per heavy atom. The predicted octanol–water partition coefficient (Wildman–Crippen LogP) is 4.11. The summed E-state index contributed by atoms with van der Waals surface area (Å²) in [5.41, 5.74) is 2.29. The van der Waals surface area contributed by atoms with Crippen LogP contribution in [0.1, 0.15) is 22.8 Å². The highest BCUT2D eigenvalue weighted by Crippen LogP contribution is 2.25. The number of carbonyl (C=O) groups is 1. The van der Waals surface area contributed by atoms with E-state index in [0.717, 1.165) is 16.7 Å². The van der Waals surface area contributed by atoms with Crippen LogP contribution >= 0.6 is 11.8 Å². The molecule has 3 aromatic rings. The van der Waals surface area contributed by atoms with E-state index >= 15 is 0 Å². The summed E-state index contributed by atoms with van der Waals surface area (Å²) in [4.78, 5) is 16.7. The van der Waals surface area contributed by atoms with Gasteiger partial charge < -0.3 is 10.4 Å². The summed E-state index contributed by atoms with van der Waals surface area (Å²) in [6.45, 7) is 1.81. The molecule has 0 aliphatic heterocycles. The first-order valence-corrected chi connectivity index (χ1v) is 9.89. The van der Waals surface area contributed by atoms with Crippen molar-refractivity contribution in [3.05, 3.63) is 84.1 Å². The van der Waals surface area contributed by atoms with Crippen LogP contribution in [0.2, 0.25) is 0 Å². The molecule has 0 saturated heterocycles. The van der Waals surface area contributed by atoms with Crippen molar-refractivity contribution in [2.24, 2.45) is 0 Å². The predicted molar refractivity (Wildman–Crippen MR) is 110 cm³/mol. The molecule has 3 rings (SSSR count). The molecular formula is C22H22N2O2S. The number of hydrogen-bond donors (Lipinski definition) is 2. The number of aliphatic hydroxyl groups is 1. The first kappa shape index (κ1) is 19.1. The van der Waals surface area contributed by atoms with E-state index in [1.165, 1.54) is 11.8 Å². The maximum absolute atomic E-state index is 12.5. The summed E-state index contributed by atoms with van der Waals surface area (Å²) in [7, 11) is 0. The second kappa shape index (κ2) is 8.37. The monoisotopic (exact) mass is 378 g/mol. The Morgan fingerprint density at radius 3 is 2.37 bits per heavy atom. The van der Waals surface area contributed by atoms with Crippen LogP contribution in [-0.4, -0.2) is 28.8 Å². The molecule has 27 heavy (non-hydrogen) atoms. The molecule has 0 radical (unpaired) electrons. The van der Waals surface area contributed by atoms with Gasteiger partial charge in [0, 0.05) is 6.20 Å². The average Bonchev–Trinajstić information content (AvgIpc) is 2.73. The van der Waals surface area contributed by atoms with Crippen molar-refractivity contribution in [3.8, 4) is 11.1 Å². The van der Waals surface area contributed by atoms with Gasteiger partial charge in [-0.3, -0.25) is 4.79 Å². The number of rotatable bonds is 6. The van der Waals surface area contributed by atoms with E-state index in [1.807, 2.05) is 60.9 Å². The van der Waals surface area contributed by atoms with Crippen molar-refractivity contribution in [1.29, 1.82) is 0 Å².